The molecule has 42 nitrogen and oxygen atoms in total. The number of hydrogen-bond acceptors (Lipinski definition) is 34. The standard InChI is InChI=1S/C24H27N17O5.C24H26N16O4/c1-10-15(32-34-19-12(14(43)9-42)7-27-38(19)3)17(25)40(36-10)22-29-23(31-24(30-22)46-6)41-18(26)16(11(2)37-41)33-35-20-13(21(44)45-5)8-28-39(20)4;1-11-18(31-33-22-13(15(42)9-41)7-29-37(22)3)20(25)39(35-11)16-6-17(28-10-27-16)40-21(26)19(12(2)36-40)32-34-23-14(24(43)44-5)8-30-38(23)4/h7-8,42H,9,25-26H2,1-6H3;6-8,10,41H,9,25-26H2,1-5H3. The van der Waals surface area contributed by atoms with Gasteiger partial charge in [-0.3, -0.25) is 9.59 Å². The first kappa shape index (κ1) is 61.9. The minimum atomic E-state index is -0.720. The lowest BCUT2D eigenvalue weighted by Gasteiger charge is -2.08. The fourth-order valence-corrected chi connectivity index (χ4v) is 8.14. The molecular weight excluding hydrogens is 1180 g/mol. The summed E-state index contributed by atoms with van der Waals surface area (Å²) < 4.78 is 25.3. The fraction of sp³-hybridized carbons (Fsp3) is 0.271. The van der Waals surface area contributed by atoms with Crippen molar-refractivity contribution in [2.75, 3.05) is 57.5 Å². The zero-order valence-corrected chi connectivity index (χ0v) is 49.4. The SMILES string of the molecule is COC(=O)c1cnn(C)c1N=Nc1c(C)nn(-c2cc(-n3nc(C)c(N=Nc4c(C(=O)CO)cnn4C)c3N)ncn2)c1N.COC(=O)c1cnn(C)c1N=Nc1c(C)nn(-c2nc(OC)nc(-n3nc(C)c(N=Nc4c(C(=O)CO)cnn4C)c3N)n2)c1N. The van der Waals surface area contributed by atoms with E-state index in [2.05, 4.69) is 107 Å². The Morgan fingerprint density at radius 2 is 0.756 bits per heavy atom. The molecule has 0 unspecified atom stereocenters. The number of methoxy groups -OCH3 is 3. The third-order valence-corrected chi connectivity index (χ3v) is 12.8. The molecular formula is C48H53N33O9. The predicted molar refractivity (Wildman–Crippen MR) is 309 cm³/mol. The topological polar surface area (TPSA) is 546 Å². The number of aliphatic hydroxyl groups is 2. The highest BCUT2D eigenvalue weighted by molar-refractivity contribution is 6.01. The van der Waals surface area contributed by atoms with Gasteiger partial charge in [-0.15, -0.1) is 40.9 Å². The number of nitrogens with two attached hydrogens (primary N) is 4. The van der Waals surface area contributed by atoms with Gasteiger partial charge in [0.2, 0.25) is 0 Å². The van der Waals surface area contributed by atoms with Crippen molar-refractivity contribution in [3.63, 3.8) is 0 Å². The number of carbonyl (C=O) groups excluding carboxylic acids is 4. The number of nitrogen functional groups attached to an aromatic ring is 4. The molecule has 0 atom stereocenters. The maximum absolute atomic E-state index is 12.1. The highest BCUT2D eigenvalue weighted by Crippen LogP contribution is 2.36. The molecule has 464 valence electrons. The molecule has 0 aliphatic heterocycles. The molecule has 10 rings (SSSR count). The van der Waals surface area contributed by atoms with Crippen LogP contribution in [0, 0.1) is 27.7 Å². The molecule has 10 heterocycles. The monoisotopic (exact) mass is 1240 g/mol. The van der Waals surface area contributed by atoms with E-state index in [-0.39, 0.29) is 121 Å². The fourth-order valence-electron chi connectivity index (χ4n) is 8.14. The Morgan fingerprint density at radius 3 is 1.07 bits per heavy atom. The maximum atomic E-state index is 12.1. The molecule has 0 saturated heterocycles. The minimum absolute atomic E-state index is 0.00523. The Morgan fingerprint density at radius 1 is 0.456 bits per heavy atom. The smallest absolute Gasteiger partial charge is 0.343 e. The Kier molecular flexibility index (Phi) is 17.6. The molecule has 0 amide bonds. The van der Waals surface area contributed by atoms with E-state index in [1.54, 1.807) is 62.0 Å². The number of aryl methyl sites for hydroxylation is 8. The molecule has 0 aliphatic rings. The van der Waals surface area contributed by atoms with Gasteiger partial charge in [-0.1, -0.05) is 0 Å². The second kappa shape index (κ2) is 25.5. The van der Waals surface area contributed by atoms with Gasteiger partial charge >= 0.3 is 17.9 Å². The van der Waals surface area contributed by atoms with Crippen molar-refractivity contribution < 1.29 is 43.6 Å². The van der Waals surface area contributed by atoms with Crippen molar-refractivity contribution in [3.8, 4) is 29.5 Å². The van der Waals surface area contributed by atoms with Crippen molar-refractivity contribution in [1.82, 2.24) is 103 Å². The number of Topliss-reactive ketones (excluding diaryl/α,β-unsaturated/α-hetero) is 2. The molecule has 90 heavy (non-hydrogen) atoms. The molecule has 42 heteroatoms. The lowest BCUT2D eigenvalue weighted by molar-refractivity contribution is 0.0592. The summed E-state index contributed by atoms with van der Waals surface area (Å²) in [5, 5.41) is 85.5. The minimum Gasteiger partial charge on any atom is -0.467 e. The van der Waals surface area contributed by atoms with Crippen molar-refractivity contribution >= 4 is 92.8 Å². The van der Waals surface area contributed by atoms with Crippen LogP contribution in [0.5, 0.6) is 6.01 Å². The summed E-state index contributed by atoms with van der Waals surface area (Å²) in [7, 11) is 10.2. The van der Waals surface area contributed by atoms with Crippen LogP contribution in [-0.2, 0) is 37.7 Å². The summed E-state index contributed by atoms with van der Waals surface area (Å²) >= 11 is 0. The van der Waals surface area contributed by atoms with E-state index in [1.165, 1.54) is 89.9 Å². The number of rotatable bonds is 19. The van der Waals surface area contributed by atoms with Gasteiger partial charge in [0.1, 0.15) is 30.7 Å². The number of ketones is 2. The van der Waals surface area contributed by atoms with Crippen LogP contribution in [0.25, 0.3) is 23.5 Å². The van der Waals surface area contributed by atoms with Crippen molar-refractivity contribution in [3.05, 3.63) is 82.2 Å². The molecule has 0 bridgehead atoms. The molecule has 10 N–H and O–H groups in total. The maximum Gasteiger partial charge on any atom is 0.343 e. The van der Waals surface area contributed by atoms with Crippen molar-refractivity contribution in [2.24, 2.45) is 69.1 Å². The van der Waals surface area contributed by atoms with Gasteiger partial charge < -0.3 is 47.4 Å². The largest absolute Gasteiger partial charge is 0.467 e. The van der Waals surface area contributed by atoms with Crippen LogP contribution >= 0.6 is 0 Å². The summed E-state index contributed by atoms with van der Waals surface area (Å²) in [4.78, 5) is 69.7. The van der Waals surface area contributed by atoms with Crippen LogP contribution in [0.3, 0.4) is 0 Å². The summed E-state index contributed by atoms with van der Waals surface area (Å²) in [6.45, 7) is 5.20. The summed E-state index contributed by atoms with van der Waals surface area (Å²) in [5.74, 6) is -1.22. The highest BCUT2D eigenvalue weighted by atomic mass is 16.5. The van der Waals surface area contributed by atoms with E-state index in [4.69, 9.17) is 37.1 Å². The second-order valence-corrected chi connectivity index (χ2v) is 18.5. The quantitative estimate of drug-likeness (QED) is 0.0384. The van der Waals surface area contributed by atoms with E-state index < -0.39 is 36.7 Å². The van der Waals surface area contributed by atoms with Crippen LogP contribution in [0.15, 0.2) is 78.1 Å². The van der Waals surface area contributed by atoms with Gasteiger partial charge in [0.15, 0.2) is 92.5 Å². The predicted octanol–water partition coefficient (Wildman–Crippen LogP) is 3.18. The third kappa shape index (κ3) is 11.9. The van der Waals surface area contributed by atoms with Crippen LogP contribution < -0.4 is 27.7 Å². The molecule has 0 aliphatic carbocycles. The number of nitrogens with zero attached hydrogens (tertiary/aromatic N) is 29. The summed E-state index contributed by atoms with van der Waals surface area (Å²) in [6, 6.07) is 1.43. The van der Waals surface area contributed by atoms with Gasteiger partial charge in [0, 0.05) is 34.3 Å². The van der Waals surface area contributed by atoms with Crippen LogP contribution in [0.4, 0.5) is 69.3 Å². The number of hydrogen-bond donors (Lipinski definition) is 6. The molecule has 0 spiro atoms. The van der Waals surface area contributed by atoms with Crippen LogP contribution in [-0.4, -0.2) is 171 Å². The first-order valence-electron chi connectivity index (χ1n) is 25.8. The number of carbonyl (C=O) groups is 4. The molecule has 0 saturated carbocycles. The Labute approximate surface area is 504 Å². The van der Waals surface area contributed by atoms with E-state index >= 15 is 0 Å². The molecule has 10 aromatic heterocycles. The Balaban J connectivity index is 0.000000214. The van der Waals surface area contributed by atoms with Crippen molar-refractivity contribution in [1.29, 1.82) is 0 Å². The van der Waals surface area contributed by atoms with Gasteiger partial charge in [0.05, 0.1) is 80.0 Å². The van der Waals surface area contributed by atoms with Gasteiger partial charge in [-0.25, -0.2) is 38.3 Å². The second-order valence-electron chi connectivity index (χ2n) is 18.5. The van der Waals surface area contributed by atoms with Crippen molar-refractivity contribution in [2.45, 2.75) is 27.7 Å². The first-order valence-corrected chi connectivity index (χ1v) is 25.8. The Hall–Kier alpha value is -12.6. The van der Waals surface area contributed by atoms with E-state index in [1.807, 2.05) is 0 Å². The zero-order valence-electron chi connectivity index (χ0n) is 49.4. The van der Waals surface area contributed by atoms with E-state index in [9.17, 15) is 29.4 Å². The third-order valence-electron chi connectivity index (χ3n) is 12.8. The van der Waals surface area contributed by atoms with Crippen LogP contribution in [0.2, 0.25) is 0 Å². The number of azo groups is 4. The summed E-state index contributed by atoms with van der Waals surface area (Å²) in [6.07, 6.45) is 6.48. The van der Waals surface area contributed by atoms with Crippen LogP contribution in [0.1, 0.15) is 64.2 Å². The number of aromatic nitrogens is 21. The molecule has 0 radical (unpaired) electrons. The van der Waals surface area contributed by atoms with Gasteiger partial charge in [0.25, 0.3) is 11.9 Å². The first-order chi connectivity index (χ1) is 43.0. The van der Waals surface area contributed by atoms with E-state index in [0.29, 0.717) is 22.8 Å². The normalized spacial score (nSPS) is 11.7. The lowest BCUT2D eigenvalue weighted by Crippen LogP contribution is -2.14. The van der Waals surface area contributed by atoms with Gasteiger partial charge in [-0.05, 0) is 27.7 Å². The number of anilines is 4. The average molecular weight is 1240 g/mol. The summed E-state index contributed by atoms with van der Waals surface area (Å²) in [5.41, 5.74) is 28.3. The number of aliphatic hydroxyl groups excluding tert-OH is 2. The molecule has 0 fully saturated rings. The molecule has 0 aromatic carbocycles. The lowest BCUT2D eigenvalue weighted by atomic mass is 10.2. The zero-order chi connectivity index (χ0) is 65.0. The van der Waals surface area contributed by atoms with Gasteiger partial charge in [-0.2, -0.15) is 74.5 Å². The number of esters is 2. The average Bonchev–Trinajstić information content (AvgIpc) is 1.95. The highest BCUT2D eigenvalue weighted by Gasteiger charge is 2.26. The molecule has 10 aromatic rings. The van der Waals surface area contributed by atoms with E-state index in [0.717, 1.165) is 0 Å². The Bertz CT molecular complexity index is 4290. The number of ether oxygens (including phenoxy) is 3.